The van der Waals surface area contributed by atoms with Crippen molar-refractivity contribution in [2.45, 2.75) is 6.10 Å². The van der Waals surface area contributed by atoms with Crippen LogP contribution in [0.25, 0.3) is 5.95 Å². The van der Waals surface area contributed by atoms with Crippen molar-refractivity contribution >= 4 is 11.9 Å². The van der Waals surface area contributed by atoms with Gasteiger partial charge in [0.2, 0.25) is 17.8 Å². The van der Waals surface area contributed by atoms with Gasteiger partial charge < -0.3 is 15.0 Å². The zero-order valence-electron chi connectivity index (χ0n) is 11.5. The van der Waals surface area contributed by atoms with Crippen LogP contribution in [0.15, 0.2) is 18.7 Å². The quantitative estimate of drug-likeness (QED) is 0.829. The van der Waals surface area contributed by atoms with E-state index in [9.17, 15) is 0 Å². The molecule has 1 atom stereocenters. The van der Waals surface area contributed by atoms with Gasteiger partial charge in [0, 0.05) is 26.0 Å². The highest BCUT2D eigenvalue weighted by atomic mass is 16.5. The molecule has 1 aliphatic rings. The molecule has 1 N–H and O–H groups in total. The normalized spacial score (nSPS) is 18.3. The van der Waals surface area contributed by atoms with E-state index in [0.717, 1.165) is 0 Å². The summed E-state index contributed by atoms with van der Waals surface area (Å²) in [6, 6.07) is 2.11. The average Bonchev–Trinajstić information content (AvgIpc) is 3.09. The van der Waals surface area contributed by atoms with Gasteiger partial charge in [-0.25, -0.2) is 4.98 Å². The molecule has 1 saturated heterocycles. The van der Waals surface area contributed by atoms with Crippen molar-refractivity contribution in [2.75, 3.05) is 37.0 Å². The Hall–Kier alpha value is -2.73. The van der Waals surface area contributed by atoms with Crippen molar-refractivity contribution in [3.05, 3.63) is 18.7 Å². The SMILES string of the molecule is CNc1nc(N2CCOC(C#N)C2)nc(-n2ccnc2)n1. The lowest BCUT2D eigenvalue weighted by Gasteiger charge is -2.29. The van der Waals surface area contributed by atoms with Crippen LogP contribution in [0.5, 0.6) is 0 Å². The third-order valence-electron chi connectivity index (χ3n) is 3.06. The van der Waals surface area contributed by atoms with Crippen LogP contribution in [0.1, 0.15) is 0 Å². The molecule has 0 saturated carbocycles. The number of nitriles is 1. The minimum Gasteiger partial charge on any atom is -0.360 e. The van der Waals surface area contributed by atoms with E-state index in [2.05, 4.69) is 31.3 Å². The maximum absolute atomic E-state index is 8.98. The third-order valence-corrected chi connectivity index (χ3v) is 3.06. The van der Waals surface area contributed by atoms with E-state index in [1.807, 2.05) is 4.90 Å². The minimum absolute atomic E-state index is 0.438. The van der Waals surface area contributed by atoms with Crippen LogP contribution in [-0.4, -0.2) is 57.4 Å². The Morgan fingerprint density at radius 2 is 2.24 bits per heavy atom. The van der Waals surface area contributed by atoms with Crippen LogP contribution in [0.2, 0.25) is 0 Å². The molecule has 1 unspecified atom stereocenters. The predicted octanol–water partition coefficient (Wildman–Crippen LogP) is -0.172. The first kappa shape index (κ1) is 13.3. The number of morpholine rings is 1. The van der Waals surface area contributed by atoms with Crippen LogP contribution >= 0.6 is 0 Å². The molecule has 9 nitrogen and oxygen atoms in total. The highest BCUT2D eigenvalue weighted by Gasteiger charge is 2.23. The fourth-order valence-corrected chi connectivity index (χ4v) is 2.01. The molecule has 0 radical (unpaired) electrons. The molecule has 108 valence electrons. The number of rotatable bonds is 3. The molecule has 1 fully saturated rings. The van der Waals surface area contributed by atoms with E-state index in [4.69, 9.17) is 10.00 Å². The summed E-state index contributed by atoms with van der Waals surface area (Å²) in [5.74, 6) is 1.45. The summed E-state index contributed by atoms with van der Waals surface area (Å²) in [6.07, 6.45) is 4.57. The Labute approximate surface area is 121 Å². The van der Waals surface area contributed by atoms with Crippen molar-refractivity contribution < 1.29 is 4.74 Å². The van der Waals surface area contributed by atoms with Crippen molar-refractivity contribution in [1.29, 1.82) is 5.26 Å². The second-order valence-electron chi connectivity index (χ2n) is 4.41. The monoisotopic (exact) mass is 286 g/mol. The fraction of sp³-hybridized carbons (Fsp3) is 0.417. The molecule has 1 aliphatic heterocycles. The summed E-state index contributed by atoms with van der Waals surface area (Å²) in [7, 11) is 1.74. The summed E-state index contributed by atoms with van der Waals surface area (Å²) >= 11 is 0. The number of anilines is 2. The second-order valence-corrected chi connectivity index (χ2v) is 4.41. The molecule has 0 amide bonds. The van der Waals surface area contributed by atoms with Crippen molar-refractivity contribution in [3.63, 3.8) is 0 Å². The Bertz CT molecular complexity index is 650. The van der Waals surface area contributed by atoms with Gasteiger partial charge in [-0.3, -0.25) is 4.57 Å². The van der Waals surface area contributed by atoms with Gasteiger partial charge in [0.25, 0.3) is 0 Å². The molecule has 0 aromatic carbocycles. The minimum atomic E-state index is -0.467. The Morgan fingerprint density at radius 3 is 2.95 bits per heavy atom. The number of hydrogen-bond donors (Lipinski definition) is 1. The molecule has 2 aromatic heterocycles. The van der Waals surface area contributed by atoms with Crippen molar-refractivity contribution in [3.8, 4) is 12.0 Å². The first-order valence-corrected chi connectivity index (χ1v) is 6.48. The molecule has 3 heterocycles. The predicted molar refractivity (Wildman–Crippen MR) is 74.1 cm³/mol. The van der Waals surface area contributed by atoms with Crippen molar-refractivity contribution in [2.24, 2.45) is 0 Å². The summed E-state index contributed by atoms with van der Waals surface area (Å²) in [5.41, 5.74) is 0. The average molecular weight is 286 g/mol. The first-order chi connectivity index (χ1) is 10.3. The molecule has 21 heavy (non-hydrogen) atoms. The lowest BCUT2D eigenvalue weighted by Crippen LogP contribution is -2.42. The molecule has 2 aromatic rings. The molecule has 0 aliphatic carbocycles. The van der Waals surface area contributed by atoms with E-state index in [0.29, 0.717) is 37.5 Å². The van der Waals surface area contributed by atoms with Crippen LogP contribution in [0, 0.1) is 11.3 Å². The number of nitrogens with one attached hydrogen (secondary N) is 1. The van der Waals surface area contributed by atoms with Crippen LogP contribution in [-0.2, 0) is 4.74 Å². The highest BCUT2D eigenvalue weighted by molar-refractivity contribution is 5.40. The number of imidazole rings is 1. The van der Waals surface area contributed by atoms with Gasteiger partial charge in [-0.2, -0.15) is 20.2 Å². The summed E-state index contributed by atoms with van der Waals surface area (Å²) in [6.45, 7) is 1.54. The molecule has 3 rings (SSSR count). The van der Waals surface area contributed by atoms with Gasteiger partial charge in [-0.1, -0.05) is 0 Å². The van der Waals surface area contributed by atoms with Crippen LogP contribution < -0.4 is 10.2 Å². The van der Waals surface area contributed by atoms with Gasteiger partial charge in [-0.05, 0) is 0 Å². The largest absolute Gasteiger partial charge is 0.360 e. The number of nitrogens with zero attached hydrogens (tertiary/aromatic N) is 7. The number of ether oxygens (including phenoxy) is 1. The Morgan fingerprint density at radius 1 is 1.38 bits per heavy atom. The van der Waals surface area contributed by atoms with E-state index < -0.39 is 6.10 Å². The topological polar surface area (TPSA) is 105 Å². The van der Waals surface area contributed by atoms with Gasteiger partial charge in [0.1, 0.15) is 6.33 Å². The van der Waals surface area contributed by atoms with Gasteiger partial charge in [0.05, 0.1) is 19.2 Å². The van der Waals surface area contributed by atoms with E-state index in [1.54, 1.807) is 30.3 Å². The van der Waals surface area contributed by atoms with Crippen LogP contribution in [0.3, 0.4) is 0 Å². The summed E-state index contributed by atoms with van der Waals surface area (Å²) in [5, 5.41) is 11.9. The lowest BCUT2D eigenvalue weighted by molar-refractivity contribution is 0.0758. The van der Waals surface area contributed by atoms with Gasteiger partial charge in [0.15, 0.2) is 6.10 Å². The summed E-state index contributed by atoms with van der Waals surface area (Å²) < 4.78 is 7.04. The van der Waals surface area contributed by atoms with E-state index >= 15 is 0 Å². The first-order valence-electron chi connectivity index (χ1n) is 6.48. The standard InChI is InChI=1S/C12H14N8O/c1-14-10-16-11(19-4-5-21-9(6-13)7-19)18-12(17-10)20-3-2-15-8-20/h2-3,8-9H,4-5,7H2,1H3,(H,14,16,17,18). The molecule has 9 heteroatoms. The fourth-order valence-electron chi connectivity index (χ4n) is 2.01. The number of hydrogen-bond acceptors (Lipinski definition) is 8. The lowest BCUT2D eigenvalue weighted by atomic mass is 10.3. The van der Waals surface area contributed by atoms with E-state index in [1.165, 1.54) is 0 Å². The molecular formula is C12H14N8O. The number of aromatic nitrogens is 5. The summed E-state index contributed by atoms with van der Waals surface area (Å²) in [4.78, 5) is 19.0. The Balaban J connectivity index is 1.94. The van der Waals surface area contributed by atoms with E-state index in [-0.39, 0.29) is 0 Å². The Kier molecular flexibility index (Phi) is 3.61. The smallest absolute Gasteiger partial charge is 0.241 e. The zero-order chi connectivity index (χ0) is 14.7. The molecular weight excluding hydrogens is 272 g/mol. The van der Waals surface area contributed by atoms with Crippen molar-refractivity contribution in [1.82, 2.24) is 24.5 Å². The van der Waals surface area contributed by atoms with Gasteiger partial charge in [-0.15, -0.1) is 0 Å². The third kappa shape index (κ3) is 2.75. The maximum Gasteiger partial charge on any atom is 0.241 e. The second kappa shape index (κ2) is 5.72. The zero-order valence-corrected chi connectivity index (χ0v) is 11.5. The maximum atomic E-state index is 8.98. The van der Waals surface area contributed by atoms with Gasteiger partial charge >= 0.3 is 0 Å². The highest BCUT2D eigenvalue weighted by Crippen LogP contribution is 2.16. The molecule has 0 bridgehead atoms. The molecule has 0 spiro atoms. The van der Waals surface area contributed by atoms with Crippen LogP contribution in [0.4, 0.5) is 11.9 Å².